The van der Waals surface area contributed by atoms with E-state index < -0.39 is 11.1 Å². The molecule has 0 N–H and O–H groups in total. The van der Waals surface area contributed by atoms with Crippen LogP contribution >= 0.6 is 11.8 Å². The first-order chi connectivity index (χ1) is 13.0. The first-order valence-electron chi connectivity index (χ1n) is 8.71. The molecular weight excluding hydrogens is 368 g/mol. The summed E-state index contributed by atoms with van der Waals surface area (Å²) in [6.07, 6.45) is 3.55. The Kier molecular flexibility index (Phi) is 5.74. The van der Waals surface area contributed by atoms with Gasteiger partial charge in [0, 0.05) is 24.2 Å². The number of likely N-dealkylation sites (tertiary alicyclic amines) is 1. The van der Waals surface area contributed by atoms with Gasteiger partial charge < -0.3 is 14.4 Å². The van der Waals surface area contributed by atoms with Gasteiger partial charge in [-0.3, -0.25) is 19.3 Å². The quantitative estimate of drug-likeness (QED) is 0.720. The van der Waals surface area contributed by atoms with Crippen LogP contribution in [0.25, 0.3) is 6.08 Å². The Morgan fingerprint density at radius 2 is 1.89 bits per heavy atom. The zero-order chi connectivity index (χ0) is 19.6. The third kappa shape index (κ3) is 3.80. The zero-order valence-electron chi connectivity index (χ0n) is 15.6. The number of hydrogen-bond acceptors (Lipinski definition) is 6. The average Bonchev–Trinajstić information content (AvgIpc) is 3.27. The van der Waals surface area contributed by atoms with Crippen molar-refractivity contribution >= 4 is 34.9 Å². The van der Waals surface area contributed by atoms with Crippen LogP contribution in [0.1, 0.15) is 24.0 Å². The summed E-state index contributed by atoms with van der Waals surface area (Å²) in [6.45, 7) is 3.02. The predicted octanol–water partition coefficient (Wildman–Crippen LogP) is 2.67. The fraction of sp³-hybridized carbons (Fsp3) is 0.421. The van der Waals surface area contributed by atoms with Crippen LogP contribution in [0, 0.1) is 6.92 Å². The van der Waals surface area contributed by atoms with Crippen LogP contribution in [0.15, 0.2) is 17.0 Å². The van der Waals surface area contributed by atoms with Crippen molar-refractivity contribution < 1.29 is 23.9 Å². The smallest absolute Gasteiger partial charge is 0.294 e. The van der Waals surface area contributed by atoms with Crippen molar-refractivity contribution in [3.63, 3.8) is 0 Å². The third-order valence-corrected chi connectivity index (χ3v) is 5.63. The second-order valence-corrected chi connectivity index (χ2v) is 7.36. The highest BCUT2D eigenvalue weighted by Gasteiger charge is 2.37. The molecule has 8 heteroatoms. The molecule has 2 heterocycles. The van der Waals surface area contributed by atoms with Gasteiger partial charge in [-0.15, -0.1) is 0 Å². The average molecular weight is 390 g/mol. The van der Waals surface area contributed by atoms with Gasteiger partial charge in [0.15, 0.2) is 0 Å². The van der Waals surface area contributed by atoms with Crippen molar-refractivity contribution in [3.05, 3.63) is 28.2 Å². The molecule has 1 aromatic rings. The molecule has 0 unspecified atom stereocenters. The minimum atomic E-state index is -0.451. The lowest BCUT2D eigenvalue weighted by Crippen LogP contribution is -2.40. The molecule has 0 aromatic heterocycles. The largest absolute Gasteiger partial charge is 0.496 e. The number of rotatable bonds is 5. The maximum Gasteiger partial charge on any atom is 0.294 e. The Hall–Kier alpha value is -2.48. The maximum absolute atomic E-state index is 12.7. The van der Waals surface area contributed by atoms with Crippen molar-refractivity contribution in [2.45, 2.75) is 19.8 Å². The first-order valence-corrected chi connectivity index (χ1v) is 9.52. The summed E-state index contributed by atoms with van der Waals surface area (Å²) in [5.74, 6) is 0.615. The Bertz CT molecular complexity index is 815. The van der Waals surface area contributed by atoms with Gasteiger partial charge >= 0.3 is 0 Å². The summed E-state index contributed by atoms with van der Waals surface area (Å²) >= 11 is 0.837. The van der Waals surface area contributed by atoms with Gasteiger partial charge in [-0.05, 0) is 49.7 Å². The van der Waals surface area contributed by atoms with E-state index in [0.717, 1.165) is 35.1 Å². The normalized spacial score (nSPS) is 18.6. The van der Waals surface area contributed by atoms with E-state index in [1.807, 2.05) is 6.92 Å². The minimum Gasteiger partial charge on any atom is -0.496 e. The highest BCUT2D eigenvalue weighted by molar-refractivity contribution is 8.18. The monoisotopic (exact) mass is 390 g/mol. The number of thioether (sulfide) groups is 1. The molecule has 7 nitrogen and oxygen atoms in total. The molecular formula is C19H22N2O5S. The number of ether oxygens (including phenoxy) is 2. The summed E-state index contributed by atoms with van der Waals surface area (Å²) in [5.41, 5.74) is 1.48. The number of hydrogen-bond donors (Lipinski definition) is 0. The number of carbonyl (C=O) groups is 3. The van der Waals surface area contributed by atoms with Crippen LogP contribution in [0.4, 0.5) is 4.79 Å². The molecule has 1 aromatic carbocycles. The topological polar surface area (TPSA) is 76.2 Å². The van der Waals surface area contributed by atoms with Gasteiger partial charge in [0.05, 0.1) is 19.1 Å². The first kappa shape index (κ1) is 19.3. The summed E-state index contributed by atoms with van der Waals surface area (Å²) in [7, 11) is 3.11. The molecule has 0 aliphatic carbocycles. The summed E-state index contributed by atoms with van der Waals surface area (Å²) in [6, 6.07) is 3.55. The van der Waals surface area contributed by atoms with Crippen molar-refractivity contribution in [3.8, 4) is 11.5 Å². The molecule has 2 saturated heterocycles. The van der Waals surface area contributed by atoms with Crippen LogP contribution in [-0.4, -0.2) is 60.7 Å². The number of carbonyl (C=O) groups excluding carboxylic acids is 3. The minimum absolute atomic E-state index is 0.186. The summed E-state index contributed by atoms with van der Waals surface area (Å²) in [4.78, 5) is 40.2. The highest BCUT2D eigenvalue weighted by atomic mass is 32.2. The fourth-order valence-corrected chi connectivity index (χ4v) is 4.11. The Morgan fingerprint density at radius 1 is 1.19 bits per heavy atom. The van der Waals surface area contributed by atoms with E-state index in [9.17, 15) is 14.4 Å². The van der Waals surface area contributed by atoms with Crippen molar-refractivity contribution in [1.29, 1.82) is 0 Å². The van der Waals surface area contributed by atoms with E-state index in [4.69, 9.17) is 9.47 Å². The lowest BCUT2D eigenvalue weighted by Gasteiger charge is -2.18. The van der Waals surface area contributed by atoms with E-state index in [0.29, 0.717) is 30.2 Å². The van der Waals surface area contributed by atoms with Crippen LogP contribution in [-0.2, 0) is 9.59 Å². The molecule has 0 bridgehead atoms. The Morgan fingerprint density at radius 3 is 2.52 bits per heavy atom. The fourth-order valence-electron chi connectivity index (χ4n) is 3.28. The number of amides is 3. The molecule has 0 atom stereocenters. The molecule has 0 radical (unpaired) electrons. The van der Waals surface area contributed by atoms with Crippen LogP contribution in [0.3, 0.4) is 0 Å². The van der Waals surface area contributed by atoms with Gasteiger partial charge in [-0.2, -0.15) is 0 Å². The highest BCUT2D eigenvalue weighted by Crippen LogP contribution is 2.37. The number of benzene rings is 1. The molecule has 144 valence electrons. The molecule has 27 heavy (non-hydrogen) atoms. The van der Waals surface area contributed by atoms with Crippen molar-refractivity contribution in [2.24, 2.45) is 0 Å². The molecule has 2 fully saturated rings. The van der Waals surface area contributed by atoms with E-state index in [-0.39, 0.29) is 17.4 Å². The van der Waals surface area contributed by atoms with E-state index in [2.05, 4.69) is 0 Å². The maximum atomic E-state index is 12.7. The SMILES string of the molecule is COc1ccc(/C=C2/SC(=O)N(CC(=O)N3CCCC3)C2=O)c(OC)c1C. The lowest BCUT2D eigenvalue weighted by molar-refractivity contribution is -0.135. The number of imide groups is 1. The second kappa shape index (κ2) is 8.04. The molecule has 2 aliphatic heterocycles. The molecule has 3 amide bonds. The van der Waals surface area contributed by atoms with Gasteiger partial charge in [0.2, 0.25) is 5.91 Å². The van der Waals surface area contributed by atoms with Crippen LogP contribution in [0.2, 0.25) is 0 Å². The van der Waals surface area contributed by atoms with Crippen LogP contribution < -0.4 is 9.47 Å². The van der Waals surface area contributed by atoms with Crippen LogP contribution in [0.5, 0.6) is 11.5 Å². The Labute approximate surface area is 162 Å². The summed E-state index contributed by atoms with van der Waals surface area (Å²) in [5, 5.41) is -0.428. The van der Waals surface area contributed by atoms with E-state index in [1.165, 1.54) is 0 Å². The zero-order valence-corrected chi connectivity index (χ0v) is 16.4. The molecule has 0 saturated carbocycles. The molecule has 2 aliphatic rings. The number of nitrogens with zero attached hydrogens (tertiary/aromatic N) is 2. The van der Waals surface area contributed by atoms with Gasteiger partial charge in [-0.1, -0.05) is 0 Å². The van der Waals surface area contributed by atoms with Crippen molar-refractivity contribution in [1.82, 2.24) is 9.80 Å². The van der Waals surface area contributed by atoms with Gasteiger partial charge in [0.1, 0.15) is 18.0 Å². The van der Waals surface area contributed by atoms with E-state index in [1.54, 1.807) is 37.3 Å². The Balaban J connectivity index is 1.82. The molecule has 0 spiro atoms. The van der Waals surface area contributed by atoms with Gasteiger partial charge in [0.25, 0.3) is 11.1 Å². The lowest BCUT2D eigenvalue weighted by atomic mass is 10.1. The third-order valence-electron chi connectivity index (χ3n) is 4.72. The van der Waals surface area contributed by atoms with Crippen molar-refractivity contribution in [2.75, 3.05) is 33.9 Å². The second-order valence-electron chi connectivity index (χ2n) is 6.37. The molecule has 3 rings (SSSR count). The summed E-state index contributed by atoms with van der Waals surface area (Å²) < 4.78 is 10.7. The standard InChI is InChI=1S/C19H22N2O5S/c1-12-14(25-2)7-6-13(17(12)26-3)10-15-18(23)21(19(24)27-15)11-16(22)20-8-4-5-9-20/h6-7,10H,4-5,8-9,11H2,1-3H3/b15-10+. The van der Waals surface area contributed by atoms with Gasteiger partial charge in [-0.25, -0.2) is 0 Å². The van der Waals surface area contributed by atoms with E-state index >= 15 is 0 Å². The number of methoxy groups -OCH3 is 2. The predicted molar refractivity (Wildman–Crippen MR) is 103 cm³/mol.